The summed E-state index contributed by atoms with van der Waals surface area (Å²) >= 11 is 0. The molecular weight excluding hydrogens is 324 g/mol. The second kappa shape index (κ2) is 7.99. The third-order valence-corrected chi connectivity index (χ3v) is 4.78. The van der Waals surface area contributed by atoms with Gasteiger partial charge < -0.3 is 9.26 Å². The van der Waals surface area contributed by atoms with E-state index >= 15 is 0 Å². The van der Waals surface area contributed by atoms with Gasteiger partial charge in [0, 0.05) is 12.0 Å². The van der Waals surface area contributed by atoms with E-state index in [2.05, 4.69) is 10.1 Å². The second-order valence-electron chi connectivity index (χ2n) is 5.33. The van der Waals surface area contributed by atoms with Crippen LogP contribution in [0.5, 0.6) is 0 Å². The molecule has 3 rings (SSSR count). The highest BCUT2D eigenvalue weighted by atomic mass is 32.2. The van der Waals surface area contributed by atoms with Crippen molar-refractivity contribution in [3.05, 3.63) is 77.4 Å². The van der Waals surface area contributed by atoms with Gasteiger partial charge in [0.25, 0.3) is 0 Å². The van der Waals surface area contributed by atoms with Gasteiger partial charge in [-0.1, -0.05) is 47.6 Å². The summed E-state index contributed by atoms with van der Waals surface area (Å²) in [5.74, 6) is 1.23. The molecule has 0 aliphatic heterocycles. The van der Waals surface area contributed by atoms with Crippen LogP contribution in [-0.4, -0.2) is 21.5 Å². The standard InChI is InChI=1S/C18H18N2O3S/c1-22-12-15-7-9-16(10-8-15)24(21)13-17-19-18(23-20-17)11-14-5-3-2-4-6-14/h2-10H,11-13H2,1H3/t24-/m1/s1. The molecule has 0 radical (unpaired) electrons. The SMILES string of the molecule is COCc1ccc([S@](=O)Cc2noc(Cc3ccccc3)n2)cc1. The van der Waals surface area contributed by atoms with Crippen molar-refractivity contribution in [1.82, 2.24) is 10.1 Å². The molecule has 0 aliphatic carbocycles. The van der Waals surface area contributed by atoms with Crippen LogP contribution in [0.3, 0.4) is 0 Å². The van der Waals surface area contributed by atoms with E-state index in [4.69, 9.17) is 9.26 Å². The van der Waals surface area contributed by atoms with Crippen molar-refractivity contribution < 1.29 is 13.5 Å². The van der Waals surface area contributed by atoms with Crippen LogP contribution in [-0.2, 0) is 34.3 Å². The number of rotatable bonds is 7. The highest BCUT2D eigenvalue weighted by molar-refractivity contribution is 7.84. The minimum atomic E-state index is -1.21. The van der Waals surface area contributed by atoms with Gasteiger partial charge in [-0.2, -0.15) is 4.98 Å². The van der Waals surface area contributed by atoms with E-state index in [0.717, 1.165) is 16.0 Å². The number of ether oxygens (including phenoxy) is 1. The van der Waals surface area contributed by atoms with E-state index in [1.165, 1.54) is 0 Å². The first-order valence-corrected chi connectivity index (χ1v) is 8.88. The molecule has 0 saturated carbocycles. The van der Waals surface area contributed by atoms with Crippen LogP contribution in [0.1, 0.15) is 22.8 Å². The molecule has 24 heavy (non-hydrogen) atoms. The summed E-state index contributed by atoms with van der Waals surface area (Å²) in [6.45, 7) is 0.542. The van der Waals surface area contributed by atoms with Crippen molar-refractivity contribution in [3.63, 3.8) is 0 Å². The largest absolute Gasteiger partial charge is 0.380 e. The lowest BCUT2D eigenvalue weighted by Crippen LogP contribution is -1.99. The summed E-state index contributed by atoms with van der Waals surface area (Å²) in [5.41, 5.74) is 2.14. The van der Waals surface area contributed by atoms with Gasteiger partial charge >= 0.3 is 0 Å². The minimum absolute atomic E-state index is 0.238. The first-order chi connectivity index (χ1) is 11.7. The van der Waals surface area contributed by atoms with Gasteiger partial charge in [0.1, 0.15) is 0 Å². The predicted molar refractivity (Wildman–Crippen MR) is 90.8 cm³/mol. The first kappa shape index (κ1) is 16.5. The van der Waals surface area contributed by atoms with E-state index in [0.29, 0.717) is 24.7 Å². The number of hydrogen-bond acceptors (Lipinski definition) is 5. The molecule has 0 saturated heterocycles. The maximum Gasteiger partial charge on any atom is 0.231 e. The molecule has 6 heteroatoms. The van der Waals surface area contributed by atoms with Gasteiger partial charge in [-0.15, -0.1) is 0 Å². The fraction of sp³-hybridized carbons (Fsp3) is 0.222. The molecule has 0 amide bonds. The number of nitrogens with zero attached hydrogens (tertiary/aromatic N) is 2. The average molecular weight is 342 g/mol. The molecule has 1 heterocycles. The van der Waals surface area contributed by atoms with Crippen LogP contribution in [0.15, 0.2) is 64.0 Å². The highest BCUT2D eigenvalue weighted by Crippen LogP contribution is 2.14. The van der Waals surface area contributed by atoms with E-state index in [1.54, 1.807) is 7.11 Å². The van der Waals surface area contributed by atoms with Crippen molar-refractivity contribution in [2.45, 2.75) is 23.7 Å². The Balaban J connectivity index is 1.62. The summed E-state index contributed by atoms with van der Waals surface area (Å²) in [7, 11) is 0.443. The lowest BCUT2D eigenvalue weighted by molar-refractivity contribution is 0.185. The van der Waals surface area contributed by atoms with Gasteiger partial charge in [-0.3, -0.25) is 4.21 Å². The average Bonchev–Trinajstić information content (AvgIpc) is 3.03. The van der Waals surface area contributed by atoms with Gasteiger partial charge in [0.2, 0.25) is 5.89 Å². The molecule has 0 aliphatic rings. The summed E-state index contributed by atoms with van der Waals surface area (Å²) in [5, 5.41) is 3.93. The lowest BCUT2D eigenvalue weighted by Gasteiger charge is -2.02. The Morgan fingerprint density at radius 1 is 1.04 bits per heavy atom. The third kappa shape index (κ3) is 4.37. The van der Waals surface area contributed by atoms with Crippen LogP contribution < -0.4 is 0 Å². The zero-order valence-corrected chi connectivity index (χ0v) is 14.2. The zero-order valence-electron chi connectivity index (χ0n) is 13.3. The van der Waals surface area contributed by atoms with Gasteiger partial charge in [-0.05, 0) is 23.3 Å². The van der Waals surface area contributed by atoms with Crippen molar-refractivity contribution in [2.75, 3.05) is 7.11 Å². The summed E-state index contributed by atoms with van der Waals surface area (Å²) in [6, 6.07) is 17.4. The van der Waals surface area contributed by atoms with Crippen LogP contribution in [0.4, 0.5) is 0 Å². The summed E-state index contributed by atoms with van der Waals surface area (Å²) in [6.07, 6.45) is 0.576. The molecule has 0 spiro atoms. The van der Waals surface area contributed by atoms with Crippen molar-refractivity contribution in [1.29, 1.82) is 0 Å². The molecule has 124 valence electrons. The fourth-order valence-corrected chi connectivity index (χ4v) is 3.25. The Bertz CT molecular complexity index is 801. The van der Waals surface area contributed by atoms with E-state index in [9.17, 15) is 4.21 Å². The van der Waals surface area contributed by atoms with Crippen molar-refractivity contribution in [2.24, 2.45) is 0 Å². The Kier molecular flexibility index (Phi) is 5.51. The van der Waals surface area contributed by atoms with Gasteiger partial charge in [0.15, 0.2) is 5.82 Å². The quantitative estimate of drug-likeness (QED) is 0.660. The molecule has 0 N–H and O–H groups in total. The Morgan fingerprint density at radius 2 is 1.79 bits per heavy atom. The van der Waals surface area contributed by atoms with Gasteiger partial charge in [0.05, 0.1) is 29.6 Å². The molecular formula is C18H18N2O3S. The normalized spacial score (nSPS) is 12.2. The fourth-order valence-electron chi connectivity index (χ4n) is 2.30. The Hall–Kier alpha value is -2.31. The molecule has 0 fully saturated rings. The van der Waals surface area contributed by atoms with Crippen molar-refractivity contribution >= 4 is 10.8 Å². The minimum Gasteiger partial charge on any atom is -0.380 e. The monoisotopic (exact) mass is 342 g/mol. The molecule has 5 nitrogen and oxygen atoms in total. The first-order valence-electron chi connectivity index (χ1n) is 7.56. The lowest BCUT2D eigenvalue weighted by atomic mass is 10.1. The maximum absolute atomic E-state index is 12.4. The number of methoxy groups -OCH3 is 1. The number of hydrogen-bond donors (Lipinski definition) is 0. The zero-order chi connectivity index (χ0) is 16.8. The topological polar surface area (TPSA) is 65.2 Å². The summed E-state index contributed by atoms with van der Waals surface area (Å²) < 4.78 is 22.7. The van der Waals surface area contributed by atoms with E-state index in [1.807, 2.05) is 54.6 Å². The second-order valence-corrected chi connectivity index (χ2v) is 6.78. The molecule has 1 aromatic heterocycles. The van der Waals surface area contributed by atoms with Gasteiger partial charge in [-0.25, -0.2) is 0 Å². The highest BCUT2D eigenvalue weighted by Gasteiger charge is 2.12. The maximum atomic E-state index is 12.4. The Morgan fingerprint density at radius 3 is 2.50 bits per heavy atom. The van der Waals surface area contributed by atoms with E-state index < -0.39 is 10.8 Å². The van der Waals surface area contributed by atoms with Crippen LogP contribution in [0.2, 0.25) is 0 Å². The van der Waals surface area contributed by atoms with Crippen LogP contribution >= 0.6 is 0 Å². The number of aromatic nitrogens is 2. The smallest absolute Gasteiger partial charge is 0.231 e. The Labute approximate surface area is 143 Å². The van der Waals surface area contributed by atoms with E-state index in [-0.39, 0.29) is 5.75 Å². The molecule has 2 aromatic carbocycles. The third-order valence-electron chi connectivity index (χ3n) is 3.47. The number of benzene rings is 2. The molecule has 3 aromatic rings. The van der Waals surface area contributed by atoms with Crippen LogP contribution in [0, 0.1) is 0 Å². The van der Waals surface area contributed by atoms with Crippen LogP contribution in [0.25, 0.3) is 0 Å². The summed E-state index contributed by atoms with van der Waals surface area (Å²) in [4.78, 5) is 5.07. The molecule has 0 bridgehead atoms. The van der Waals surface area contributed by atoms with Crippen molar-refractivity contribution in [3.8, 4) is 0 Å². The molecule has 1 atom stereocenters. The molecule has 0 unspecified atom stereocenters. The predicted octanol–water partition coefficient (Wildman–Crippen LogP) is 3.11.